The standard InChI is InChI=1S/C28H42N6O4/c1-18(20-8-7-9-22(14-20)38-13-12-32(5)6)29-26(36)24-15-21(35)16-33(24)27(37)25(28(2,3)4)34-17-23(30-31-34)19-10-11-19/h7-9,14,17-19,21,24-25,35H,10-13,15-16H2,1-6H3,(H,29,36)/t18-,21+,24-,25+/m0/s1. The van der Waals surface area contributed by atoms with Crippen molar-refractivity contribution in [2.24, 2.45) is 5.41 Å². The lowest BCUT2D eigenvalue weighted by molar-refractivity contribution is -0.144. The number of benzene rings is 1. The number of aromatic nitrogens is 3. The van der Waals surface area contributed by atoms with E-state index in [0.29, 0.717) is 12.5 Å². The normalized spacial score (nSPS) is 21.4. The number of aliphatic hydroxyl groups is 1. The lowest BCUT2D eigenvalue weighted by atomic mass is 9.85. The zero-order valence-corrected chi connectivity index (χ0v) is 23.4. The van der Waals surface area contributed by atoms with E-state index in [-0.39, 0.29) is 30.8 Å². The quantitative estimate of drug-likeness (QED) is 0.489. The molecule has 1 saturated heterocycles. The largest absolute Gasteiger partial charge is 0.492 e. The first-order valence-electron chi connectivity index (χ1n) is 13.5. The molecule has 2 amide bonds. The molecule has 1 aliphatic carbocycles. The monoisotopic (exact) mass is 526 g/mol. The van der Waals surface area contributed by atoms with Crippen molar-refractivity contribution in [3.63, 3.8) is 0 Å². The summed E-state index contributed by atoms with van der Waals surface area (Å²) in [6.45, 7) is 9.31. The van der Waals surface area contributed by atoms with Crippen LogP contribution in [0.1, 0.15) is 76.2 Å². The van der Waals surface area contributed by atoms with Gasteiger partial charge in [-0.1, -0.05) is 38.1 Å². The summed E-state index contributed by atoms with van der Waals surface area (Å²) in [5.74, 6) is 0.645. The van der Waals surface area contributed by atoms with E-state index in [9.17, 15) is 14.7 Å². The van der Waals surface area contributed by atoms with Crippen molar-refractivity contribution in [1.29, 1.82) is 0 Å². The fraction of sp³-hybridized carbons (Fsp3) is 0.643. The third kappa shape index (κ3) is 6.71. The van der Waals surface area contributed by atoms with Crippen LogP contribution >= 0.6 is 0 Å². The van der Waals surface area contributed by atoms with Gasteiger partial charge < -0.3 is 25.0 Å². The number of aliphatic hydroxyl groups excluding tert-OH is 1. The minimum atomic E-state index is -0.768. The third-order valence-corrected chi connectivity index (χ3v) is 7.23. The Morgan fingerprint density at radius 1 is 1.26 bits per heavy atom. The summed E-state index contributed by atoms with van der Waals surface area (Å²) in [7, 11) is 3.98. The number of rotatable bonds is 10. The van der Waals surface area contributed by atoms with Crippen LogP contribution in [0.3, 0.4) is 0 Å². The Hall–Kier alpha value is -2.98. The minimum Gasteiger partial charge on any atom is -0.492 e. The van der Waals surface area contributed by atoms with E-state index < -0.39 is 23.6 Å². The maximum Gasteiger partial charge on any atom is 0.248 e. The summed E-state index contributed by atoms with van der Waals surface area (Å²) >= 11 is 0. The summed E-state index contributed by atoms with van der Waals surface area (Å²) in [6.07, 6.45) is 3.48. The molecule has 1 saturated carbocycles. The molecule has 0 radical (unpaired) electrons. The maximum atomic E-state index is 13.9. The molecular formula is C28H42N6O4. The second kappa shape index (κ2) is 11.4. The molecule has 1 aromatic heterocycles. The van der Waals surface area contributed by atoms with Crippen molar-refractivity contribution in [2.45, 2.75) is 77.1 Å². The number of hydrogen-bond acceptors (Lipinski definition) is 7. The average molecular weight is 527 g/mol. The molecule has 10 nitrogen and oxygen atoms in total. The molecule has 10 heteroatoms. The number of carbonyl (C=O) groups excluding carboxylic acids is 2. The topological polar surface area (TPSA) is 113 Å². The van der Waals surface area contributed by atoms with Gasteiger partial charge in [0.1, 0.15) is 24.4 Å². The molecule has 2 heterocycles. The number of nitrogens with one attached hydrogen (secondary N) is 1. The van der Waals surface area contributed by atoms with Gasteiger partial charge in [-0.3, -0.25) is 9.59 Å². The van der Waals surface area contributed by atoms with Crippen molar-refractivity contribution in [2.75, 3.05) is 33.8 Å². The van der Waals surface area contributed by atoms with Crippen LogP contribution in [0, 0.1) is 5.41 Å². The zero-order valence-electron chi connectivity index (χ0n) is 23.4. The van der Waals surface area contributed by atoms with Gasteiger partial charge in [-0.25, -0.2) is 4.68 Å². The molecule has 2 aliphatic rings. The number of amides is 2. The smallest absolute Gasteiger partial charge is 0.248 e. The van der Waals surface area contributed by atoms with E-state index in [4.69, 9.17) is 4.74 Å². The van der Waals surface area contributed by atoms with Gasteiger partial charge in [0.2, 0.25) is 11.8 Å². The number of β-amino-alcohol motifs (C(OH)–C–C–N with tert-alkyl or cyclic N) is 1. The fourth-order valence-electron chi connectivity index (χ4n) is 4.94. The number of ether oxygens (including phenoxy) is 1. The number of carbonyl (C=O) groups is 2. The van der Waals surface area contributed by atoms with Gasteiger partial charge in [0.25, 0.3) is 0 Å². The molecular weight excluding hydrogens is 484 g/mol. The van der Waals surface area contributed by atoms with Gasteiger partial charge in [0.05, 0.1) is 17.8 Å². The zero-order chi connectivity index (χ0) is 27.6. The predicted octanol–water partition coefficient (Wildman–Crippen LogP) is 2.52. The molecule has 1 aromatic carbocycles. The Balaban J connectivity index is 1.46. The Morgan fingerprint density at radius 3 is 2.66 bits per heavy atom. The van der Waals surface area contributed by atoms with Crippen LogP contribution in [0.2, 0.25) is 0 Å². The first-order valence-corrected chi connectivity index (χ1v) is 13.5. The summed E-state index contributed by atoms with van der Waals surface area (Å²) in [5, 5.41) is 22.1. The van der Waals surface area contributed by atoms with Crippen LogP contribution in [0.4, 0.5) is 0 Å². The van der Waals surface area contributed by atoms with E-state index in [0.717, 1.165) is 36.4 Å². The highest BCUT2D eigenvalue weighted by Gasteiger charge is 2.45. The molecule has 0 unspecified atom stereocenters. The predicted molar refractivity (Wildman–Crippen MR) is 144 cm³/mol. The number of hydrogen-bond donors (Lipinski definition) is 2. The number of nitrogens with zero attached hydrogens (tertiary/aromatic N) is 5. The molecule has 2 aromatic rings. The summed E-state index contributed by atoms with van der Waals surface area (Å²) in [6, 6.07) is 5.95. The SMILES string of the molecule is C[C@H](NC(=O)[C@@H]1C[C@@H](O)CN1C(=O)[C@@H](n1cc(C2CC2)nn1)C(C)(C)C)c1cccc(OCCN(C)C)c1. The first kappa shape index (κ1) is 28.0. The van der Waals surface area contributed by atoms with E-state index in [1.165, 1.54) is 4.90 Å². The van der Waals surface area contributed by atoms with Crippen LogP contribution in [0.25, 0.3) is 0 Å². The van der Waals surface area contributed by atoms with E-state index >= 15 is 0 Å². The van der Waals surface area contributed by atoms with Crippen LogP contribution in [-0.4, -0.2) is 87.7 Å². The molecule has 208 valence electrons. The average Bonchev–Trinajstić information content (AvgIpc) is 3.45. The first-order chi connectivity index (χ1) is 17.9. The van der Waals surface area contributed by atoms with E-state index in [1.807, 2.05) is 72.3 Å². The third-order valence-electron chi connectivity index (χ3n) is 7.23. The highest BCUT2D eigenvalue weighted by atomic mass is 16.5. The maximum absolute atomic E-state index is 13.9. The van der Waals surface area contributed by atoms with Gasteiger partial charge >= 0.3 is 0 Å². The molecule has 4 atom stereocenters. The highest BCUT2D eigenvalue weighted by molar-refractivity contribution is 5.90. The van der Waals surface area contributed by atoms with Gasteiger partial charge in [0.15, 0.2) is 0 Å². The molecule has 0 bridgehead atoms. The van der Waals surface area contributed by atoms with E-state index in [1.54, 1.807) is 4.68 Å². The van der Waals surface area contributed by atoms with Crippen molar-refractivity contribution in [3.05, 3.63) is 41.7 Å². The van der Waals surface area contributed by atoms with Gasteiger partial charge in [-0.2, -0.15) is 0 Å². The molecule has 4 rings (SSSR count). The Kier molecular flexibility index (Phi) is 8.42. The van der Waals surface area contributed by atoms with Crippen LogP contribution in [0.5, 0.6) is 5.75 Å². The van der Waals surface area contributed by atoms with Crippen molar-refractivity contribution < 1.29 is 19.4 Å². The summed E-state index contributed by atoms with van der Waals surface area (Å²) < 4.78 is 7.48. The lowest BCUT2D eigenvalue weighted by Crippen LogP contribution is -2.50. The number of likely N-dealkylation sites (tertiary alicyclic amines) is 1. The number of likely N-dealkylation sites (N-methyl/N-ethyl adjacent to an activating group) is 1. The molecule has 0 spiro atoms. The molecule has 2 N–H and O–H groups in total. The summed E-state index contributed by atoms with van der Waals surface area (Å²) in [4.78, 5) is 30.9. The van der Waals surface area contributed by atoms with Gasteiger partial charge in [-0.05, 0) is 57.0 Å². The Labute approximate surface area is 225 Å². The van der Waals surface area contributed by atoms with Crippen molar-refractivity contribution in [3.8, 4) is 5.75 Å². The summed E-state index contributed by atoms with van der Waals surface area (Å²) in [5.41, 5.74) is 1.34. The van der Waals surface area contributed by atoms with Crippen LogP contribution < -0.4 is 10.1 Å². The van der Waals surface area contributed by atoms with Crippen molar-refractivity contribution >= 4 is 11.8 Å². The Bertz CT molecular complexity index is 1120. The van der Waals surface area contributed by atoms with Gasteiger partial charge in [0, 0.05) is 31.6 Å². The molecule has 2 fully saturated rings. The lowest BCUT2D eigenvalue weighted by Gasteiger charge is -2.34. The minimum absolute atomic E-state index is 0.108. The highest BCUT2D eigenvalue weighted by Crippen LogP contribution is 2.40. The van der Waals surface area contributed by atoms with Crippen LogP contribution in [-0.2, 0) is 9.59 Å². The van der Waals surface area contributed by atoms with Gasteiger partial charge in [-0.15, -0.1) is 5.10 Å². The van der Waals surface area contributed by atoms with Crippen LogP contribution in [0.15, 0.2) is 30.5 Å². The molecule has 38 heavy (non-hydrogen) atoms. The Morgan fingerprint density at radius 2 is 2.00 bits per heavy atom. The second-order valence-electron chi connectivity index (χ2n) is 12.0. The van der Waals surface area contributed by atoms with E-state index in [2.05, 4.69) is 20.5 Å². The molecule has 1 aliphatic heterocycles. The fourth-order valence-corrected chi connectivity index (χ4v) is 4.94. The second-order valence-corrected chi connectivity index (χ2v) is 12.0. The van der Waals surface area contributed by atoms with Crippen molar-refractivity contribution in [1.82, 2.24) is 30.1 Å².